The van der Waals surface area contributed by atoms with Crippen molar-refractivity contribution in [3.05, 3.63) is 24.0 Å². The van der Waals surface area contributed by atoms with Crippen LogP contribution >= 0.6 is 11.8 Å². The molecule has 0 amide bonds. The van der Waals surface area contributed by atoms with E-state index in [1.165, 1.54) is 43.3 Å². The van der Waals surface area contributed by atoms with E-state index in [2.05, 4.69) is 51.8 Å². The average Bonchev–Trinajstić information content (AvgIpc) is 2.84. The minimum Gasteiger partial charge on any atom is -0.350 e. The van der Waals surface area contributed by atoms with Crippen LogP contribution in [0, 0.1) is 0 Å². The number of nitrogens with zero attached hydrogens (tertiary/aromatic N) is 2. The van der Waals surface area contributed by atoms with Crippen LogP contribution in [0.15, 0.2) is 18.3 Å². The maximum absolute atomic E-state index is 3.56. The van der Waals surface area contributed by atoms with E-state index in [9.17, 15) is 0 Å². The van der Waals surface area contributed by atoms with E-state index in [0.717, 1.165) is 19.6 Å². The summed E-state index contributed by atoms with van der Waals surface area (Å²) in [6, 6.07) is 4.37. The molecule has 0 bridgehead atoms. The number of thioether (sulfide) groups is 1. The van der Waals surface area contributed by atoms with Gasteiger partial charge in [0.15, 0.2) is 0 Å². The lowest BCUT2D eigenvalue weighted by molar-refractivity contribution is 0.300. The van der Waals surface area contributed by atoms with Crippen molar-refractivity contribution in [1.82, 2.24) is 14.8 Å². The van der Waals surface area contributed by atoms with Crippen molar-refractivity contribution >= 4 is 11.8 Å². The molecule has 18 heavy (non-hydrogen) atoms. The molecule has 1 aromatic rings. The Bertz CT molecular complexity index is 332. The second kappa shape index (κ2) is 7.87. The monoisotopic (exact) mass is 267 g/mol. The number of rotatable bonds is 7. The first kappa shape index (κ1) is 14.0. The summed E-state index contributed by atoms with van der Waals surface area (Å²) < 4.78 is 2.35. The lowest BCUT2D eigenvalue weighted by Gasteiger charge is -2.26. The molecule has 2 heterocycles. The highest BCUT2D eigenvalue weighted by atomic mass is 32.2. The Kier molecular flexibility index (Phi) is 6.11. The largest absolute Gasteiger partial charge is 0.350 e. The smallest absolute Gasteiger partial charge is 0.0359 e. The van der Waals surface area contributed by atoms with Gasteiger partial charge in [-0.05, 0) is 18.6 Å². The fraction of sp³-hybridized carbons (Fsp3) is 0.714. The summed E-state index contributed by atoms with van der Waals surface area (Å²) in [5.41, 5.74) is 1.41. The number of nitrogens with one attached hydrogen (secondary N) is 1. The van der Waals surface area contributed by atoms with Crippen molar-refractivity contribution in [2.24, 2.45) is 0 Å². The maximum Gasteiger partial charge on any atom is 0.0359 e. The summed E-state index contributed by atoms with van der Waals surface area (Å²) in [6.45, 7) is 9.17. The van der Waals surface area contributed by atoms with Crippen molar-refractivity contribution in [3.8, 4) is 0 Å². The van der Waals surface area contributed by atoms with Gasteiger partial charge >= 0.3 is 0 Å². The first-order chi connectivity index (χ1) is 8.90. The van der Waals surface area contributed by atoms with Crippen LogP contribution in [0.25, 0.3) is 0 Å². The third-order valence-electron chi connectivity index (χ3n) is 3.40. The maximum atomic E-state index is 3.56. The molecule has 4 heteroatoms. The van der Waals surface area contributed by atoms with E-state index in [4.69, 9.17) is 0 Å². The van der Waals surface area contributed by atoms with Gasteiger partial charge in [0.1, 0.15) is 0 Å². The fourth-order valence-corrected chi connectivity index (χ4v) is 3.33. The normalized spacial score (nSPS) is 17.2. The molecule has 1 N–H and O–H groups in total. The van der Waals surface area contributed by atoms with Gasteiger partial charge in [0.2, 0.25) is 0 Å². The van der Waals surface area contributed by atoms with Crippen LogP contribution in [0.4, 0.5) is 0 Å². The third-order valence-corrected chi connectivity index (χ3v) is 4.35. The van der Waals surface area contributed by atoms with Gasteiger partial charge in [-0.2, -0.15) is 11.8 Å². The predicted molar refractivity (Wildman–Crippen MR) is 80.2 cm³/mol. The molecular formula is C14H25N3S. The summed E-state index contributed by atoms with van der Waals surface area (Å²) in [6.07, 6.45) is 3.38. The van der Waals surface area contributed by atoms with Gasteiger partial charge in [-0.3, -0.25) is 0 Å². The zero-order valence-corrected chi connectivity index (χ0v) is 12.2. The van der Waals surface area contributed by atoms with Crippen molar-refractivity contribution in [1.29, 1.82) is 0 Å². The molecule has 0 saturated carbocycles. The highest BCUT2D eigenvalue weighted by molar-refractivity contribution is 7.99. The quantitative estimate of drug-likeness (QED) is 0.764. The van der Waals surface area contributed by atoms with Crippen LogP contribution in [0.1, 0.15) is 19.0 Å². The van der Waals surface area contributed by atoms with Crippen LogP contribution in [0.3, 0.4) is 0 Å². The first-order valence-electron chi connectivity index (χ1n) is 7.05. The van der Waals surface area contributed by atoms with E-state index in [1.807, 2.05) is 0 Å². The Hall–Kier alpha value is -0.450. The summed E-state index contributed by atoms with van der Waals surface area (Å²) in [4.78, 5) is 2.56. The Balaban J connectivity index is 1.63. The van der Waals surface area contributed by atoms with Crippen LogP contribution < -0.4 is 5.32 Å². The van der Waals surface area contributed by atoms with E-state index in [0.29, 0.717) is 0 Å². The minimum absolute atomic E-state index is 0.996. The number of hydrogen-bond acceptors (Lipinski definition) is 3. The Labute approximate surface area is 115 Å². The molecule has 0 radical (unpaired) electrons. The zero-order chi connectivity index (χ0) is 12.6. The zero-order valence-electron chi connectivity index (χ0n) is 11.4. The second-order valence-electron chi connectivity index (χ2n) is 4.82. The minimum atomic E-state index is 0.996. The summed E-state index contributed by atoms with van der Waals surface area (Å²) in [7, 11) is 0. The topological polar surface area (TPSA) is 20.2 Å². The molecule has 2 rings (SSSR count). The lowest BCUT2D eigenvalue weighted by Crippen LogP contribution is -2.37. The van der Waals surface area contributed by atoms with Crippen LogP contribution in [0.2, 0.25) is 0 Å². The molecule has 1 aliphatic heterocycles. The van der Waals surface area contributed by atoms with Crippen molar-refractivity contribution < 1.29 is 0 Å². The Morgan fingerprint density at radius 1 is 1.28 bits per heavy atom. The predicted octanol–water partition coefficient (Wildman–Crippen LogP) is 2.04. The Morgan fingerprint density at radius 3 is 2.89 bits per heavy atom. The van der Waals surface area contributed by atoms with Crippen molar-refractivity contribution in [3.63, 3.8) is 0 Å². The number of aryl methyl sites for hydroxylation is 1. The lowest BCUT2D eigenvalue weighted by atomic mass is 10.4. The van der Waals surface area contributed by atoms with E-state index in [1.54, 1.807) is 0 Å². The third kappa shape index (κ3) is 4.34. The van der Waals surface area contributed by atoms with Gasteiger partial charge in [-0.25, -0.2) is 0 Å². The average molecular weight is 267 g/mol. The van der Waals surface area contributed by atoms with Crippen molar-refractivity contribution in [2.75, 3.05) is 37.7 Å². The van der Waals surface area contributed by atoms with Gasteiger partial charge in [-0.1, -0.05) is 6.92 Å². The van der Waals surface area contributed by atoms with E-state index >= 15 is 0 Å². The van der Waals surface area contributed by atoms with Gasteiger partial charge in [0.05, 0.1) is 0 Å². The highest BCUT2D eigenvalue weighted by Crippen LogP contribution is 2.08. The van der Waals surface area contributed by atoms with Gasteiger partial charge < -0.3 is 14.8 Å². The molecule has 0 aliphatic carbocycles. The summed E-state index contributed by atoms with van der Waals surface area (Å²) >= 11 is 2.08. The van der Waals surface area contributed by atoms with E-state index in [-0.39, 0.29) is 0 Å². The number of aromatic nitrogens is 1. The molecule has 3 nitrogen and oxygen atoms in total. The number of hydrogen-bond donors (Lipinski definition) is 1. The Morgan fingerprint density at radius 2 is 2.11 bits per heavy atom. The first-order valence-corrected chi connectivity index (χ1v) is 8.20. The van der Waals surface area contributed by atoms with E-state index < -0.39 is 0 Å². The molecule has 0 unspecified atom stereocenters. The molecular weight excluding hydrogens is 242 g/mol. The molecule has 0 aromatic carbocycles. The van der Waals surface area contributed by atoms with Gasteiger partial charge in [-0.15, -0.1) is 0 Å². The van der Waals surface area contributed by atoms with Crippen LogP contribution in [0.5, 0.6) is 0 Å². The molecule has 102 valence electrons. The van der Waals surface area contributed by atoms with Gasteiger partial charge in [0, 0.05) is 62.7 Å². The van der Waals surface area contributed by atoms with Crippen molar-refractivity contribution in [2.45, 2.75) is 26.4 Å². The molecule has 1 aliphatic rings. The molecule has 0 spiro atoms. The summed E-state index contributed by atoms with van der Waals surface area (Å²) in [5, 5.41) is 3.56. The van der Waals surface area contributed by atoms with Gasteiger partial charge in [0.25, 0.3) is 0 Å². The SMILES string of the molecule is CCCn1cccc1CNCCN1CCSCC1. The van der Waals surface area contributed by atoms with Crippen LogP contribution in [-0.2, 0) is 13.1 Å². The standard InChI is InChI=1S/C14H25N3S/c1-2-6-17-7-3-4-14(17)13-15-5-8-16-9-11-18-12-10-16/h3-4,7,15H,2,5-6,8-13H2,1H3. The molecule has 1 aromatic heterocycles. The highest BCUT2D eigenvalue weighted by Gasteiger charge is 2.09. The molecule has 1 saturated heterocycles. The summed E-state index contributed by atoms with van der Waals surface area (Å²) in [5.74, 6) is 2.61. The second-order valence-corrected chi connectivity index (χ2v) is 6.05. The van der Waals surface area contributed by atoms with Crippen LogP contribution in [-0.4, -0.2) is 47.2 Å². The molecule has 1 fully saturated rings. The molecule has 0 atom stereocenters. The fourth-order valence-electron chi connectivity index (χ4n) is 2.35.